The number of carbonyl (C=O) groups is 1. The fourth-order valence-corrected chi connectivity index (χ4v) is 2.12. The van der Waals surface area contributed by atoms with Gasteiger partial charge in [-0.25, -0.2) is 4.79 Å². The first-order chi connectivity index (χ1) is 8.95. The molecular formula is C16H25NO2. The molecule has 0 bridgehead atoms. The van der Waals surface area contributed by atoms with Gasteiger partial charge in [0.1, 0.15) is 0 Å². The largest absolute Gasteiger partial charge is 0.459 e. The van der Waals surface area contributed by atoms with Crippen LogP contribution in [-0.4, -0.2) is 31.1 Å². The van der Waals surface area contributed by atoms with Crippen LogP contribution in [-0.2, 0) is 4.74 Å². The standard InChI is InChI=1S/C16H25NO2/c1-6-7-15(17(4)5)13-8-10-14(11-9-13)16(18)19-12(2)3/h8-12,15H,6-7H2,1-5H3. The lowest BCUT2D eigenvalue weighted by Gasteiger charge is -2.24. The average molecular weight is 263 g/mol. The first-order valence-corrected chi connectivity index (χ1v) is 6.93. The highest BCUT2D eigenvalue weighted by Crippen LogP contribution is 2.23. The van der Waals surface area contributed by atoms with Crippen LogP contribution in [0.2, 0.25) is 0 Å². The third-order valence-corrected chi connectivity index (χ3v) is 3.06. The zero-order valence-corrected chi connectivity index (χ0v) is 12.6. The zero-order chi connectivity index (χ0) is 14.4. The molecule has 0 aliphatic heterocycles. The second kappa shape index (κ2) is 7.29. The fraction of sp³-hybridized carbons (Fsp3) is 0.562. The van der Waals surface area contributed by atoms with Crippen LogP contribution in [0.15, 0.2) is 24.3 Å². The van der Waals surface area contributed by atoms with Crippen molar-refractivity contribution in [1.29, 1.82) is 0 Å². The van der Waals surface area contributed by atoms with E-state index < -0.39 is 0 Å². The van der Waals surface area contributed by atoms with E-state index in [4.69, 9.17) is 4.74 Å². The predicted octanol–water partition coefficient (Wildman–Crippen LogP) is 3.65. The van der Waals surface area contributed by atoms with Crippen molar-refractivity contribution in [2.45, 2.75) is 45.8 Å². The van der Waals surface area contributed by atoms with Crippen LogP contribution in [0.3, 0.4) is 0 Å². The Balaban J connectivity index is 2.82. The average Bonchev–Trinajstić information content (AvgIpc) is 2.35. The van der Waals surface area contributed by atoms with Crippen LogP contribution < -0.4 is 0 Å². The van der Waals surface area contributed by atoms with E-state index in [2.05, 4.69) is 25.9 Å². The lowest BCUT2D eigenvalue weighted by molar-refractivity contribution is 0.0378. The van der Waals surface area contributed by atoms with Crippen molar-refractivity contribution in [2.24, 2.45) is 0 Å². The first-order valence-electron chi connectivity index (χ1n) is 6.93. The first kappa shape index (κ1) is 15.7. The minimum atomic E-state index is -0.251. The second-order valence-corrected chi connectivity index (χ2v) is 5.34. The number of carbonyl (C=O) groups excluding carboxylic acids is 1. The van der Waals surface area contributed by atoms with Gasteiger partial charge in [0.25, 0.3) is 0 Å². The van der Waals surface area contributed by atoms with E-state index in [0.717, 1.165) is 12.8 Å². The quantitative estimate of drug-likeness (QED) is 0.734. The van der Waals surface area contributed by atoms with E-state index in [1.807, 2.05) is 38.1 Å². The van der Waals surface area contributed by atoms with Gasteiger partial charge >= 0.3 is 5.97 Å². The van der Waals surface area contributed by atoms with Gasteiger partial charge in [-0.1, -0.05) is 25.5 Å². The summed E-state index contributed by atoms with van der Waals surface area (Å²) in [5.74, 6) is -0.251. The van der Waals surface area contributed by atoms with Crippen molar-refractivity contribution in [3.05, 3.63) is 35.4 Å². The number of rotatable bonds is 6. The molecule has 0 fully saturated rings. The van der Waals surface area contributed by atoms with Crippen LogP contribution >= 0.6 is 0 Å². The van der Waals surface area contributed by atoms with Crippen molar-refractivity contribution in [1.82, 2.24) is 4.90 Å². The molecule has 1 unspecified atom stereocenters. The summed E-state index contributed by atoms with van der Waals surface area (Å²) in [4.78, 5) is 14.0. The Bertz CT molecular complexity index is 396. The van der Waals surface area contributed by atoms with E-state index in [1.54, 1.807) is 0 Å². The topological polar surface area (TPSA) is 29.5 Å². The molecule has 1 aromatic rings. The minimum absolute atomic E-state index is 0.0817. The molecule has 0 radical (unpaired) electrons. The summed E-state index contributed by atoms with van der Waals surface area (Å²) in [6.45, 7) is 5.90. The molecule has 0 heterocycles. The molecule has 19 heavy (non-hydrogen) atoms. The number of esters is 1. The summed E-state index contributed by atoms with van der Waals surface area (Å²) in [6.07, 6.45) is 2.17. The summed E-state index contributed by atoms with van der Waals surface area (Å²) in [7, 11) is 4.17. The fourth-order valence-electron chi connectivity index (χ4n) is 2.12. The third-order valence-electron chi connectivity index (χ3n) is 3.06. The Kier molecular flexibility index (Phi) is 6.03. The highest BCUT2D eigenvalue weighted by Gasteiger charge is 2.14. The molecule has 3 nitrogen and oxygen atoms in total. The van der Waals surface area contributed by atoms with Crippen LogP contribution in [0.1, 0.15) is 55.6 Å². The molecule has 0 aliphatic rings. The van der Waals surface area contributed by atoms with Crippen LogP contribution in [0.4, 0.5) is 0 Å². The highest BCUT2D eigenvalue weighted by molar-refractivity contribution is 5.89. The van der Waals surface area contributed by atoms with E-state index in [-0.39, 0.29) is 12.1 Å². The summed E-state index contributed by atoms with van der Waals surface area (Å²) in [6, 6.07) is 8.16. The van der Waals surface area contributed by atoms with Gasteiger partial charge in [0.15, 0.2) is 0 Å². The van der Waals surface area contributed by atoms with Crippen molar-refractivity contribution in [2.75, 3.05) is 14.1 Å². The van der Waals surface area contributed by atoms with E-state index in [9.17, 15) is 4.79 Å². The Hall–Kier alpha value is -1.35. The molecule has 0 spiro atoms. The SMILES string of the molecule is CCCC(c1ccc(C(=O)OC(C)C)cc1)N(C)C. The summed E-state index contributed by atoms with van der Waals surface area (Å²) >= 11 is 0. The number of ether oxygens (including phenoxy) is 1. The molecule has 0 amide bonds. The van der Waals surface area contributed by atoms with Crippen molar-refractivity contribution < 1.29 is 9.53 Å². The molecule has 3 heteroatoms. The van der Waals surface area contributed by atoms with Gasteiger partial charge in [0.05, 0.1) is 11.7 Å². The maximum Gasteiger partial charge on any atom is 0.338 e. The molecule has 0 aliphatic carbocycles. The predicted molar refractivity (Wildman–Crippen MR) is 78.3 cm³/mol. The molecule has 0 N–H and O–H groups in total. The van der Waals surface area contributed by atoms with Gasteiger partial charge in [-0.3, -0.25) is 0 Å². The molecular weight excluding hydrogens is 238 g/mol. The molecule has 0 saturated carbocycles. The molecule has 1 rings (SSSR count). The Morgan fingerprint density at radius 1 is 1.21 bits per heavy atom. The van der Waals surface area contributed by atoms with Gasteiger partial charge in [0.2, 0.25) is 0 Å². The Morgan fingerprint density at radius 3 is 2.21 bits per heavy atom. The smallest absolute Gasteiger partial charge is 0.338 e. The molecule has 1 aromatic carbocycles. The molecule has 0 aromatic heterocycles. The van der Waals surface area contributed by atoms with E-state index in [0.29, 0.717) is 11.6 Å². The second-order valence-electron chi connectivity index (χ2n) is 5.34. The Labute approximate surface area is 116 Å². The number of nitrogens with zero attached hydrogens (tertiary/aromatic N) is 1. The number of benzene rings is 1. The highest BCUT2D eigenvalue weighted by atomic mass is 16.5. The monoisotopic (exact) mass is 263 g/mol. The lowest BCUT2D eigenvalue weighted by Crippen LogP contribution is -2.20. The lowest BCUT2D eigenvalue weighted by atomic mass is 10.00. The van der Waals surface area contributed by atoms with Crippen molar-refractivity contribution in [3.63, 3.8) is 0 Å². The number of hydrogen-bond acceptors (Lipinski definition) is 3. The van der Waals surface area contributed by atoms with Crippen LogP contribution in [0.25, 0.3) is 0 Å². The zero-order valence-electron chi connectivity index (χ0n) is 12.6. The van der Waals surface area contributed by atoms with E-state index in [1.165, 1.54) is 5.56 Å². The normalized spacial score (nSPS) is 12.8. The van der Waals surface area contributed by atoms with Gasteiger partial charge < -0.3 is 9.64 Å². The maximum absolute atomic E-state index is 11.8. The summed E-state index contributed by atoms with van der Waals surface area (Å²) in [5.41, 5.74) is 1.86. The van der Waals surface area contributed by atoms with Gasteiger partial charge in [-0.05, 0) is 52.1 Å². The van der Waals surface area contributed by atoms with Crippen molar-refractivity contribution in [3.8, 4) is 0 Å². The maximum atomic E-state index is 11.8. The molecule has 1 atom stereocenters. The van der Waals surface area contributed by atoms with E-state index >= 15 is 0 Å². The molecule has 0 saturated heterocycles. The van der Waals surface area contributed by atoms with Gasteiger partial charge in [-0.15, -0.1) is 0 Å². The third kappa shape index (κ3) is 4.67. The van der Waals surface area contributed by atoms with Crippen LogP contribution in [0.5, 0.6) is 0 Å². The summed E-state index contributed by atoms with van der Waals surface area (Å²) in [5, 5.41) is 0. The minimum Gasteiger partial charge on any atom is -0.459 e. The van der Waals surface area contributed by atoms with Crippen LogP contribution in [0, 0.1) is 0 Å². The Morgan fingerprint density at radius 2 is 1.79 bits per heavy atom. The van der Waals surface area contributed by atoms with Gasteiger partial charge in [-0.2, -0.15) is 0 Å². The van der Waals surface area contributed by atoms with Gasteiger partial charge in [0, 0.05) is 6.04 Å². The number of hydrogen-bond donors (Lipinski definition) is 0. The van der Waals surface area contributed by atoms with Crippen molar-refractivity contribution >= 4 is 5.97 Å². The summed E-state index contributed by atoms with van der Waals surface area (Å²) < 4.78 is 5.18. The molecule has 106 valence electrons.